The van der Waals surface area contributed by atoms with Crippen LogP contribution in [-0.4, -0.2) is 18.8 Å². The van der Waals surface area contributed by atoms with Crippen LogP contribution in [0.4, 0.5) is 5.69 Å². The van der Waals surface area contributed by atoms with Crippen molar-refractivity contribution in [1.82, 2.24) is 0 Å². The van der Waals surface area contributed by atoms with E-state index in [1.54, 1.807) is 23.1 Å². The number of anilines is 1. The number of rotatable bonds is 3. The number of thioether (sulfide) groups is 1. The molecule has 4 rings (SSSR count). The summed E-state index contributed by atoms with van der Waals surface area (Å²) in [5.41, 5.74) is 3.73. The minimum absolute atomic E-state index is 0.143. The summed E-state index contributed by atoms with van der Waals surface area (Å²) >= 11 is 3.57. The lowest BCUT2D eigenvalue weighted by molar-refractivity contribution is -0.670. The molecular formula is C19H19N2OS2+. The molecule has 3 nitrogen and oxygen atoms in total. The molecule has 2 heterocycles. The first kappa shape index (κ1) is 15.7. The second-order valence-corrected chi connectivity index (χ2v) is 8.02. The molecule has 0 saturated carbocycles. The van der Waals surface area contributed by atoms with Crippen LogP contribution in [0.3, 0.4) is 0 Å². The fourth-order valence-electron chi connectivity index (χ4n) is 3.00. The third kappa shape index (κ3) is 2.62. The molecule has 0 aliphatic carbocycles. The van der Waals surface area contributed by atoms with Gasteiger partial charge in [0.05, 0.1) is 16.8 Å². The van der Waals surface area contributed by atoms with Crippen molar-refractivity contribution in [3.63, 3.8) is 0 Å². The minimum atomic E-state index is 0.143. The second-order valence-electron chi connectivity index (χ2n) is 5.90. The van der Waals surface area contributed by atoms with Gasteiger partial charge < -0.3 is 10.0 Å². The summed E-state index contributed by atoms with van der Waals surface area (Å²) in [6.07, 6.45) is 2.24. The van der Waals surface area contributed by atoms with Gasteiger partial charge in [0.1, 0.15) is 11.3 Å². The van der Waals surface area contributed by atoms with Crippen molar-refractivity contribution >= 4 is 45.1 Å². The Bertz CT molecular complexity index is 946. The van der Waals surface area contributed by atoms with Crippen molar-refractivity contribution in [2.75, 3.05) is 18.6 Å². The van der Waals surface area contributed by atoms with Gasteiger partial charge in [-0.05, 0) is 30.7 Å². The number of benzene rings is 2. The maximum Gasteiger partial charge on any atom is 0.265 e. The predicted octanol–water partition coefficient (Wildman–Crippen LogP) is 4.03. The van der Waals surface area contributed by atoms with Crippen LogP contribution in [0.1, 0.15) is 10.6 Å². The summed E-state index contributed by atoms with van der Waals surface area (Å²) < 4.78 is 3.45. The van der Waals surface area contributed by atoms with Crippen LogP contribution in [0.2, 0.25) is 0 Å². The molecular weight excluding hydrogens is 336 g/mol. The van der Waals surface area contributed by atoms with Crippen LogP contribution in [0.25, 0.3) is 16.3 Å². The smallest absolute Gasteiger partial charge is 0.265 e. The summed E-state index contributed by atoms with van der Waals surface area (Å²) in [4.78, 5) is 3.55. The Morgan fingerprint density at radius 3 is 2.88 bits per heavy atom. The van der Waals surface area contributed by atoms with Gasteiger partial charge in [-0.1, -0.05) is 41.3 Å². The average molecular weight is 356 g/mol. The molecule has 2 aromatic carbocycles. The van der Waals surface area contributed by atoms with Gasteiger partial charge in [-0.15, -0.1) is 0 Å². The number of thiazole rings is 1. The molecule has 0 saturated heterocycles. The first-order chi connectivity index (χ1) is 11.7. The van der Waals surface area contributed by atoms with Crippen molar-refractivity contribution in [3.05, 3.63) is 58.1 Å². The van der Waals surface area contributed by atoms with E-state index >= 15 is 0 Å². The Kier molecular flexibility index (Phi) is 4.08. The molecule has 5 heteroatoms. The molecule has 0 radical (unpaired) electrons. The van der Waals surface area contributed by atoms with E-state index in [2.05, 4.69) is 72.0 Å². The van der Waals surface area contributed by atoms with Crippen molar-refractivity contribution in [2.45, 2.75) is 18.4 Å². The van der Waals surface area contributed by atoms with Gasteiger partial charge in [0.2, 0.25) is 5.52 Å². The number of aromatic nitrogens is 1. The molecule has 24 heavy (non-hydrogen) atoms. The number of aryl methyl sites for hydroxylation is 1. The molecule has 1 N–H and O–H groups in total. The quantitative estimate of drug-likeness (QED) is 0.719. The molecule has 0 fully saturated rings. The first-order valence-electron chi connectivity index (χ1n) is 7.93. The van der Waals surface area contributed by atoms with Crippen LogP contribution >= 0.6 is 23.1 Å². The lowest BCUT2D eigenvalue weighted by Gasteiger charge is -2.13. The van der Waals surface area contributed by atoms with E-state index in [1.165, 1.54) is 36.4 Å². The van der Waals surface area contributed by atoms with Crippen LogP contribution in [0.5, 0.6) is 0 Å². The van der Waals surface area contributed by atoms with E-state index in [-0.39, 0.29) is 6.61 Å². The van der Waals surface area contributed by atoms with Crippen LogP contribution in [0, 0.1) is 6.92 Å². The SMILES string of the molecule is Cc1ccc2c(c1)N(C)C(=Cc1sc3ccccc3[n+]1CCO)S2. The van der Waals surface area contributed by atoms with Gasteiger partial charge >= 0.3 is 0 Å². The molecule has 3 aromatic rings. The second kappa shape index (κ2) is 6.24. The van der Waals surface area contributed by atoms with Gasteiger partial charge in [0, 0.05) is 18.0 Å². The maximum absolute atomic E-state index is 9.45. The number of hydrogen-bond acceptors (Lipinski definition) is 4. The topological polar surface area (TPSA) is 27.4 Å². The summed E-state index contributed by atoms with van der Waals surface area (Å²) in [6, 6.07) is 15.0. The van der Waals surface area contributed by atoms with Crippen LogP contribution in [0.15, 0.2) is 52.4 Å². The van der Waals surface area contributed by atoms with Crippen molar-refractivity contribution in [1.29, 1.82) is 0 Å². The summed E-state index contributed by atoms with van der Waals surface area (Å²) in [7, 11) is 2.12. The van der Waals surface area contributed by atoms with Gasteiger partial charge in [-0.25, -0.2) is 0 Å². The number of nitrogens with zero attached hydrogens (tertiary/aromatic N) is 2. The highest BCUT2D eigenvalue weighted by molar-refractivity contribution is 8.03. The largest absolute Gasteiger partial charge is 0.390 e. The molecule has 0 amide bonds. The number of hydrogen-bond donors (Lipinski definition) is 1. The predicted molar refractivity (Wildman–Crippen MR) is 103 cm³/mol. The van der Waals surface area contributed by atoms with Crippen molar-refractivity contribution in [3.8, 4) is 0 Å². The average Bonchev–Trinajstić information content (AvgIpc) is 3.08. The van der Waals surface area contributed by atoms with Crippen LogP contribution < -0.4 is 9.47 Å². The van der Waals surface area contributed by atoms with E-state index in [4.69, 9.17) is 0 Å². The Balaban J connectivity index is 1.79. The fraction of sp³-hybridized carbons (Fsp3) is 0.211. The van der Waals surface area contributed by atoms with Gasteiger partial charge in [0.25, 0.3) is 5.01 Å². The third-order valence-corrected chi connectivity index (χ3v) is 6.51. The highest BCUT2D eigenvalue weighted by Crippen LogP contribution is 2.46. The molecule has 1 aliphatic rings. The van der Waals surface area contributed by atoms with E-state index in [0.717, 1.165) is 0 Å². The van der Waals surface area contributed by atoms with E-state index in [0.29, 0.717) is 6.54 Å². The summed E-state index contributed by atoms with van der Waals surface area (Å²) in [6.45, 7) is 2.88. The number of aliphatic hydroxyl groups excluding tert-OH is 1. The third-order valence-electron chi connectivity index (χ3n) is 4.23. The first-order valence-corrected chi connectivity index (χ1v) is 9.57. The zero-order valence-electron chi connectivity index (χ0n) is 13.7. The Labute approximate surface area is 149 Å². The fourth-order valence-corrected chi connectivity index (χ4v) is 5.27. The monoisotopic (exact) mass is 355 g/mol. The molecule has 0 bridgehead atoms. The zero-order chi connectivity index (χ0) is 16.7. The van der Waals surface area contributed by atoms with Gasteiger partial charge in [-0.3, -0.25) is 0 Å². The standard InChI is InChI=1S/C19H19N2OS2/c1-13-7-8-17-15(11-13)20(2)18(23-17)12-19-21(9-10-22)14-5-3-4-6-16(14)24-19/h3-8,11-12,22H,9-10H2,1-2H3/q+1. The molecule has 122 valence electrons. The molecule has 0 spiro atoms. The lowest BCUT2D eigenvalue weighted by atomic mass is 10.2. The van der Waals surface area contributed by atoms with E-state index in [1.807, 2.05) is 0 Å². The molecule has 0 atom stereocenters. The highest BCUT2D eigenvalue weighted by atomic mass is 32.2. The lowest BCUT2D eigenvalue weighted by Crippen LogP contribution is -2.37. The molecule has 0 unspecified atom stereocenters. The number of para-hydroxylation sites is 1. The van der Waals surface area contributed by atoms with E-state index in [9.17, 15) is 5.11 Å². The Morgan fingerprint density at radius 2 is 2.04 bits per heavy atom. The zero-order valence-corrected chi connectivity index (χ0v) is 15.3. The minimum Gasteiger partial charge on any atom is -0.390 e. The maximum atomic E-state index is 9.45. The highest BCUT2D eigenvalue weighted by Gasteiger charge is 2.25. The molecule has 1 aliphatic heterocycles. The van der Waals surface area contributed by atoms with Crippen molar-refractivity contribution < 1.29 is 9.67 Å². The van der Waals surface area contributed by atoms with Gasteiger partial charge in [0.15, 0.2) is 6.54 Å². The Hall–Kier alpha value is -1.82. The van der Waals surface area contributed by atoms with Crippen LogP contribution in [-0.2, 0) is 6.54 Å². The Morgan fingerprint density at radius 1 is 1.21 bits per heavy atom. The van der Waals surface area contributed by atoms with E-state index < -0.39 is 0 Å². The summed E-state index contributed by atoms with van der Waals surface area (Å²) in [5, 5.41) is 11.8. The molecule has 1 aromatic heterocycles. The number of fused-ring (bicyclic) bond motifs is 2. The van der Waals surface area contributed by atoms with Crippen molar-refractivity contribution in [2.24, 2.45) is 0 Å². The summed E-state index contributed by atoms with van der Waals surface area (Å²) in [5.74, 6) is 0. The van der Waals surface area contributed by atoms with Gasteiger partial charge in [-0.2, -0.15) is 4.57 Å². The number of aliphatic hydroxyl groups is 1. The normalized spacial score (nSPS) is 15.5.